The highest BCUT2D eigenvalue weighted by atomic mass is 32.2. The molecule has 0 radical (unpaired) electrons. The predicted octanol–water partition coefficient (Wildman–Crippen LogP) is 5.68. The molecule has 4 saturated carbocycles. The highest BCUT2D eigenvalue weighted by Crippen LogP contribution is 2.66. The summed E-state index contributed by atoms with van der Waals surface area (Å²) in [5.74, 6) is 2.85. The lowest BCUT2D eigenvalue weighted by atomic mass is 9.45. The number of hydrogen-bond donors (Lipinski definition) is 0. The van der Waals surface area contributed by atoms with Crippen LogP contribution in [0.3, 0.4) is 0 Å². The molecule has 0 heterocycles. The van der Waals surface area contributed by atoms with E-state index in [0.717, 1.165) is 56.9 Å². The van der Waals surface area contributed by atoms with Gasteiger partial charge in [-0.25, -0.2) is 0 Å². The second kappa shape index (κ2) is 7.41. The summed E-state index contributed by atoms with van der Waals surface area (Å²) in [5.41, 5.74) is 1.25. The highest BCUT2D eigenvalue weighted by Gasteiger charge is 2.61. The van der Waals surface area contributed by atoms with Gasteiger partial charge in [0.15, 0.2) is 0 Å². The van der Waals surface area contributed by atoms with Crippen molar-refractivity contribution in [1.82, 2.24) is 0 Å². The molecule has 1 aromatic carbocycles. The third-order valence-corrected chi connectivity index (χ3v) is 11.3. The first kappa shape index (κ1) is 21.6. The molecule has 4 fully saturated rings. The second-order valence-electron chi connectivity index (χ2n) is 11.4. The van der Waals surface area contributed by atoms with E-state index in [1.54, 1.807) is 12.1 Å². The average Bonchev–Trinajstić information content (AvgIpc) is 3.04. The summed E-state index contributed by atoms with van der Waals surface area (Å²) in [6, 6.07) is 6.97. The molecule has 31 heavy (non-hydrogen) atoms. The first-order valence-corrected chi connectivity index (χ1v) is 13.6. The van der Waals surface area contributed by atoms with Crippen LogP contribution in [0.25, 0.3) is 0 Å². The van der Waals surface area contributed by atoms with E-state index in [2.05, 4.69) is 13.8 Å². The maximum Gasteiger partial charge on any atom is 0.297 e. The Morgan fingerprint density at radius 3 is 2.35 bits per heavy atom. The minimum Gasteiger partial charge on any atom is -0.300 e. The number of fused-ring (bicyclic) bond motifs is 5. The number of benzene rings is 1. The highest BCUT2D eigenvalue weighted by molar-refractivity contribution is 7.86. The molecule has 1 aromatic rings. The lowest BCUT2D eigenvalue weighted by molar-refractivity contribution is -0.140. The molecule has 5 rings (SSSR count). The van der Waals surface area contributed by atoms with E-state index in [-0.39, 0.29) is 21.8 Å². The predicted molar refractivity (Wildman–Crippen MR) is 120 cm³/mol. The molecule has 4 aliphatic carbocycles. The van der Waals surface area contributed by atoms with E-state index in [9.17, 15) is 13.2 Å². The molecule has 0 saturated heterocycles. The molecule has 4 aliphatic rings. The number of Topliss-reactive ketones (excluding diaryl/α,β-unsaturated/α-hetero) is 1. The number of carbonyl (C=O) groups is 1. The van der Waals surface area contributed by atoms with Gasteiger partial charge in [0.1, 0.15) is 5.78 Å². The summed E-state index contributed by atoms with van der Waals surface area (Å²) < 4.78 is 32.0. The van der Waals surface area contributed by atoms with Gasteiger partial charge in [-0.15, -0.1) is 0 Å². The van der Waals surface area contributed by atoms with Gasteiger partial charge < -0.3 is 0 Å². The Morgan fingerprint density at radius 2 is 1.61 bits per heavy atom. The maximum atomic E-state index is 13.0. The lowest BCUT2D eigenvalue weighted by Gasteiger charge is -2.60. The van der Waals surface area contributed by atoms with Crippen LogP contribution < -0.4 is 0 Å². The van der Waals surface area contributed by atoms with Crippen molar-refractivity contribution < 1.29 is 17.4 Å². The van der Waals surface area contributed by atoms with Gasteiger partial charge in [0.05, 0.1) is 11.0 Å². The summed E-state index contributed by atoms with van der Waals surface area (Å²) in [5, 5.41) is 0. The minimum atomic E-state index is -3.75. The largest absolute Gasteiger partial charge is 0.300 e. The Morgan fingerprint density at radius 1 is 0.903 bits per heavy atom. The van der Waals surface area contributed by atoms with Crippen molar-refractivity contribution >= 4 is 15.9 Å². The molecule has 0 bridgehead atoms. The zero-order valence-corrected chi connectivity index (χ0v) is 19.9. The standard InChI is InChI=1S/C26H36O4S/c1-17-4-7-20(8-5-17)31(28,29)30-24-11-10-22-21-9-6-18-16-19(27)12-14-25(18,2)23(21)13-15-26(22,24)3/h4-5,7-8,18,21-24H,6,9-16H2,1-3H3/t18-,21+,22+,23+,24+,25-,26-/m0/s1. The lowest BCUT2D eigenvalue weighted by Crippen LogP contribution is -2.54. The fourth-order valence-electron chi connectivity index (χ4n) is 8.07. The van der Waals surface area contributed by atoms with Crippen LogP contribution in [0.5, 0.6) is 0 Å². The van der Waals surface area contributed by atoms with Crippen LogP contribution in [0.4, 0.5) is 0 Å². The Labute approximate surface area is 187 Å². The molecule has 0 N–H and O–H groups in total. The van der Waals surface area contributed by atoms with Crippen LogP contribution in [-0.4, -0.2) is 20.3 Å². The average molecular weight is 445 g/mol. The SMILES string of the molecule is Cc1ccc(S(=O)(=O)O[C@@H]2CC[C@@H]3[C@H]4CC[C@H]5CC(=O)CC[C@]5(C)[C@@H]4CC[C@@]32C)cc1. The molecule has 0 unspecified atom stereocenters. The molecular weight excluding hydrogens is 408 g/mol. The molecule has 5 heteroatoms. The molecule has 170 valence electrons. The van der Waals surface area contributed by atoms with Crippen molar-refractivity contribution in [2.75, 3.05) is 0 Å². The number of aryl methyl sites for hydroxylation is 1. The Hall–Kier alpha value is -1.20. The van der Waals surface area contributed by atoms with Gasteiger partial charge in [0.2, 0.25) is 0 Å². The molecule has 4 nitrogen and oxygen atoms in total. The van der Waals surface area contributed by atoms with E-state index in [1.807, 2.05) is 19.1 Å². The molecule has 0 aliphatic heterocycles. The van der Waals surface area contributed by atoms with Crippen molar-refractivity contribution in [2.24, 2.45) is 34.5 Å². The summed E-state index contributed by atoms with van der Waals surface area (Å²) in [6.45, 7) is 6.69. The van der Waals surface area contributed by atoms with Crippen LogP contribution in [0.15, 0.2) is 29.2 Å². The molecule has 0 amide bonds. The van der Waals surface area contributed by atoms with Crippen LogP contribution >= 0.6 is 0 Å². The number of rotatable bonds is 3. The molecule has 7 atom stereocenters. The quantitative estimate of drug-likeness (QED) is 0.563. The van der Waals surface area contributed by atoms with Gasteiger partial charge in [-0.1, -0.05) is 31.5 Å². The van der Waals surface area contributed by atoms with Crippen molar-refractivity contribution in [3.63, 3.8) is 0 Å². The summed E-state index contributed by atoms with van der Waals surface area (Å²) in [7, 11) is -3.75. The topological polar surface area (TPSA) is 60.4 Å². The number of hydrogen-bond acceptors (Lipinski definition) is 4. The Balaban J connectivity index is 1.37. The minimum absolute atomic E-state index is 0.0768. The zero-order valence-electron chi connectivity index (χ0n) is 19.1. The van der Waals surface area contributed by atoms with Gasteiger partial charge in [-0.05, 0) is 98.5 Å². The fraction of sp³-hybridized carbons (Fsp3) is 0.731. The van der Waals surface area contributed by atoms with E-state index >= 15 is 0 Å². The number of ketones is 1. The third-order valence-electron chi connectivity index (χ3n) is 9.95. The van der Waals surface area contributed by atoms with Crippen molar-refractivity contribution in [1.29, 1.82) is 0 Å². The summed E-state index contributed by atoms with van der Waals surface area (Å²) >= 11 is 0. The van der Waals surface area contributed by atoms with E-state index in [0.29, 0.717) is 29.5 Å². The first-order valence-electron chi connectivity index (χ1n) is 12.2. The van der Waals surface area contributed by atoms with E-state index < -0.39 is 10.1 Å². The monoisotopic (exact) mass is 444 g/mol. The normalized spacial score (nSPS) is 42.5. The smallest absolute Gasteiger partial charge is 0.297 e. The van der Waals surface area contributed by atoms with E-state index in [1.165, 1.54) is 6.42 Å². The Bertz CT molecular complexity index is 968. The van der Waals surface area contributed by atoms with Gasteiger partial charge in [-0.3, -0.25) is 8.98 Å². The van der Waals surface area contributed by atoms with Crippen LogP contribution in [0.1, 0.15) is 77.2 Å². The first-order chi connectivity index (χ1) is 14.6. The van der Waals surface area contributed by atoms with Crippen molar-refractivity contribution in [2.45, 2.75) is 89.6 Å². The third kappa shape index (κ3) is 3.42. The Kier molecular flexibility index (Phi) is 5.17. The van der Waals surface area contributed by atoms with Gasteiger partial charge in [0, 0.05) is 12.8 Å². The summed E-state index contributed by atoms with van der Waals surface area (Å²) in [6.07, 6.45) is 8.75. The summed E-state index contributed by atoms with van der Waals surface area (Å²) in [4.78, 5) is 12.4. The number of carbonyl (C=O) groups excluding carboxylic acids is 1. The fourth-order valence-corrected chi connectivity index (χ4v) is 9.27. The maximum absolute atomic E-state index is 13.0. The second-order valence-corrected chi connectivity index (χ2v) is 12.9. The van der Waals surface area contributed by atoms with Crippen LogP contribution in [0.2, 0.25) is 0 Å². The van der Waals surface area contributed by atoms with Gasteiger partial charge in [0.25, 0.3) is 10.1 Å². The van der Waals surface area contributed by atoms with Crippen LogP contribution in [-0.2, 0) is 19.1 Å². The molecular formula is C26H36O4S. The zero-order chi connectivity index (χ0) is 22.0. The van der Waals surface area contributed by atoms with Crippen LogP contribution in [0, 0.1) is 41.4 Å². The van der Waals surface area contributed by atoms with E-state index in [4.69, 9.17) is 4.18 Å². The van der Waals surface area contributed by atoms with Crippen molar-refractivity contribution in [3.05, 3.63) is 29.8 Å². The van der Waals surface area contributed by atoms with Gasteiger partial charge >= 0.3 is 0 Å². The molecule has 0 spiro atoms. The van der Waals surface area contributed by atoms with Crippen molar-refractivity contribution in [3.8, 4) is 0 Å². The molecule has 0 aromatic heterocycles. The van der Waals surface area contributed by atoms with Gasteiger partial charge in [-0.2, -0.15) is 8.42 Å².